The number of methoxy groups -OCH3 is 1. The molecule has 0 bridgehead atoms. The van der Waals surface area contributed by atoms with Gasteiger partial charge in [-0.1, -0.05) is 60.7 Å². The Morgan fingerprint density at radius 2 is 1.39 bits per heavy atom. The SMILES string of the molecule is COc1ccc2c(c1)c(=O)oc1cc(-c3ccc(-c4nc5ccccc5n4-c4ccccc4)cc3)ccc12. The quantitative estimate of drug-likeness (QED) is 0.186. The van der Waals surface area contributed by atoms with E-state index in [2.05, 4.69) is 53.1 Å². The second-order valence-corrected chi connectivity index (χ2v) is 9.18. The second-order valence-electron chi connectivity index (χ2n) is 9.18. The number of hydrogen-bond acceptors (Lipinski definition) is 4. The van der Waals surface area contributed by atoms with Gasteiger partial charge in [-0.2, -0.15) is 0 Å². The molecule has 5 nitrogen and oxygen atoms in total. The zero-order valence-electron chi connectivity index (χ0n) is 20.6. The molecule has 0 aliphatic carbocycles. The summed E-state index contributed by atoms with van der Waals surface area (Å²) in [4.78, 5) is 17.7. The summed E-state index contributed by atoms with van der Waals surface area (Å²) in [6, 6.07) is 38.2. The van der Waals surface area contributed by atoms with Gasteiger partial charge in [-0.3, -0.25) is 4.57 Å². The molecular weight excluding hydrogens is 472 g/mol. The Bertz CT molecular complexity index is 2020. The van der Waals surface area contributed by atoms with Crippen molar-refractivity contribution in [3.05, 3.63) is 126 Å². The first-order valence-corrected chi connectivity index (χ1v) is 12.4. The van der Waals surface area contributed by atoms with Crippen molar-refractivity contribution < 1.29 is 9.15 Å². The predicted octanol–water partition coefficient (Wildman–Crippen LogP) is 7.63. The van der Waals surface area contributed by atoms with Crippen molar-refractivity contribution in [1.82, 2.24) is 9.55 Å². The standard InChI is InChI=1S/C33H22N2O3/c1-37-25-16-18-26-27-17-15-23(19-31(27)38-33(36)28(26)20-25)21-11-13-22(14-12-21)32-34-29-9-5-6-10-30(29)35(32)24-7-3-2-4-8-24/h2-20H,1H3. The predicted molar refractivity (Wildman–Crippen MR) is 152 cm³/mol. The van der Waals surface area contributed by atoms with Gasteiger partial charge in [0.2, 0.25) is 0 Å². The minimum absolute atomic E-state index is 0.376. The van der Waals surface area contributed by atoms with Crippen molar-refractivity contribution in [2.45, 2.75) is 0 Å². The van der Waals surface area contributed by atoms with Crippen molar-refractivity contribution in [3.8, 4) is 34.0 Å². The largest absolute Gasteiger partial charge is 0.497 e. The van der Waals surface area contributed by atoms with Crippen LogP contribution in [0.25, 0.3) is 61.0 Å². The van der Waals surface area contributed by atoms with Crippen molar-refractivity contribution in [2.24, 2.45) is 0 Å². The number of hydrogen-bond donors (Lipinski definition) is 0. The third kappa shape index (κ3) is 3.56. The van der Waals surface area contributed by atoms with Gasteiger partial charge in [0, 0.05) is 22.0 Å². The third-order valence-corrected chi connectivity index (χ3v) is 6.97. The van der Waals surface area contributed by atoms with E-state index in [0.717, 1.165) is 50.0 Å². The van der Waals surface area contributed by atoms with Crippen LogP contribution in [-0.2, 0) is 0 Å². The van der Waals surface area contributed by atoms with Crippen molar-refractivity contribution in [3.63, 3.8) is 0 Å². The van der Waals surface area contributed by atoms with Crippen LogP contribution in [0.2, 0.25) is 0 Å². The number of benzene rings is 5. The molecule has 0 spiro atoms. The normalized spacial score (nSPS) is 11.4. The number of imidazole rings is 1. The molecule has 0 aliphatic heterocycles. The van der Waals surface area contributed by atoms with E-state index in [-0.39, 0.29) is 5.63 Å². The second kappa shape index (κ2) is 8.75. The molecule has 2 aromatic heterocycles. The maximum Gasteiger partial charge on any atom is 0.344 e. The lowest BCUT2D eigenvalue weighted by Gasteiger charge is -2.10. The van der Waals surface area contributed by atoms with E-state index in [9.17, 15) is 4.79 Å². The average molecular weight is 495 g/mol. The molecule has 0 atom stereocenters. The summed E-state index contributed by atoms with van der Waals surface area (Å²) in [5.74, 6) is 1.51. The van der Waals surface area contributed by atoms with Crippen LogP contribution < -0.4 is 10.4 Å². The first-order valence-electron chi connectivity index (χ1n) is 12.4. The summed E-state index contributed by atoms with van der Waals surface area (Å²) in [5.41, 5.74) is 6.26. The summed E-state index contributed by atoms with van der Waals surface area (Å²) in [5, 5.41) is 2.24. The van der Waals surface area contributed by atoms with E-state index < -0.39 is 0 Å². The highest BCUT2D eigenvalue weighted by molar-refractivity contribution is 6.05. The molecule has 0 amide bonds. The molecule has 2 heterocycles. The molecule has 0 saturated carbocycles. The highest BCUT2D eigenvalue weighted by Gasteiger charge is 2.15. The number of fused-ring (bicyclic) bond motifs is 4. The third-order valence-electron chi connectivity index (χ3n) is 6.97. The highest BCUT2D eigenvalue weighted by atomic mass is 16.5. The minimum Gasteiger partial charge on any atom is -0.497 e. The van der Waals surface area contributed by atoms with E-state index in [1.807, 2.05) is 60.7 Å². The Labute approximate surface area is 218 Å². The fourth-order valence-electron chi connectivity index (χ4n) is 5.09. The van der Waals surface area contributed by atoms with Gasteiger partial charge in [-0.15, -0.1) is 0 Å². The van der Waals surface area contributed by atoms with Crippen LogP contribution >= 0.6 is 0 Å². The lowest BCUT2D eigenvalue weighted by molar-refractivity contribution is 0.415. The number of para-hydroxylation sites is 3. The molecule has 0 saturated heterocycles. The zero-order chi connectivity index (χ0) is 25.6. The van der Waals surface area contributed by atoms with Crippen molar-refractivity contribution in [1.29, 1.82) is 0 Å². The summed E-state index contributed by atoms with van der Waals surface area (Å²) >= 11 is 0. The van der Waals surface area contributed by atoms with Gasteiger partial charge in [0.15, 0.2) is 0 Å². The Morgan fingerprint density at radius 3 is 2.21 bits per heavy atom. The lowest BCUT2D eigenvalue weighted by Crippen LogP contribution is -2.00. The smallest absolute Gasteiger partial charge is 0.344 e. The van der Waals surface area contributed by atoms with Crippen molar-refractivity contribution in [2.75, 3.05) is 7.11 Å². The van der Waals surface area contributed by atoms with Crippen LogP contribution in [0.5, 0.6) is 5.75 Å². The van der Waals surface area contributed by atoms with E-state index in [1.54, 1.807) is 13.2 Å². The molecule has 5 aromatic carbocycles. The summed E-state index contributed by atoms with van der Waals surface area (Å²) in [6.07, 6.45) is 0. The van der Waals surface area contributed by atoms with Gasteiger partial charge in [-0.25, -0.2) is 9.78 Å². The summed E-state index contributed by atoms with van der Waals surface area (Å²) in [7, 11) is 1.58. The van der Waals surface area contributed by atoms with Gasteiger partial charge < -0.3 is 9.15 Å². The lowest BCUT2D eigenvalue weighted by atomic mass is 10.0. The van der Waals surface area contributed by atoms with Gasteiger partial charge in [0.05, 0.1) is 23.5 Å². The van der Waals surface area contributed by atoms with Crippen LogP contribution in [-0.4, -0.2) is 16.7 Å². The Morgan fingerprint density at radius 1 is 0.684 bits per heavy atom. The van der Waals surface area contributed by atoms with Gasteiger partial charge in [0.25, 0.3) is 0 Å². The number of nitrogens with zero attached hydrogens (tertiary/aromatic N) is 2. The molecule has 0 aliphatic rings. The summed E-state index contributed by atoms with van der Waals surface area (Å²) in [6.45, 7) is 0. The molecule has 7 aromatic rings. The molecule has 182 valence electrons. The Balaban J connectivity index is 1.31. The van der Waals surface area contributed by atoms with Gasteiger partial charge in [0.1, 0.15) is 17.2 Å². The maximum atomic E-state index is 12.7. The summed E-state index contributed by atoms with van der Waals surface area (Å²) < 4.78 is 13.2. The van der Waals surface area contributed by atoms with E-state index in [0.29, 0.717) is 16.7 Å². The number of aromatic nitrogens is 2. The number of rotatable bonds is 4. The van der Waals surface area contributed by atoms with E-state index >= 15 is 0 Å². The molecule has 7 rings (SSSR count). The fourth-order valence-corrected chi connectivity index (χ4v) is 5.09. The molecule has 0 unspecified atom stereocenters. The maximum absolute atomic E-state index is 12.7. The molecule has 0 fully saturated rings. The first kappa shape index (κ1) is 22.1. The topological polar surface area (TPSA) is 57.3 Å². The van der Waals surface area contributed by atoms with Crippen LogP contribution in [0.3, 0.4) is 0 Å². The average Bonchev–Trinajstić information content (AvgIpc) is 3.37. The Hall–Kier alpha value is -5.16. The molecule has 38 heavy (non-hydrogen) atoms. The molecule has 0 radical (unpaired) electrons. The van der Waals surface area contributed by atoms with Crippen LogP contribution in [0.1, 0.15) is 0 Å². The van der Waals surface area contributed by atoms with Crippen LogP contribution in [0, 0.1) is 0 Å². The minimum atomic E-state index is -0.376. The monoisotopic (exact) mass is 494 g/mol. The van der Waals surface area contributed by atoms with Crippen molar-refractivity contribution >= 4 is 32.8 Å². The van der Waals surface area contributed by atoms with E-state index in [4.69, 9.17) is 14.1 Å². The first-order chi connectivity index (χ1) is 18.7. The van der Waals surface area contributed by atoms with Gasteiger partial charge in [-0.05, 0) is 65.7 Å². The Kier molecular flexibility index (Phi) is 5.08. The molecular formula is C33H22N2O3. The van der Waals surface area contributed by atoms with Crippen LogP contribution in [0.15, 0.2) is 124 Å². The fraction of sp³-hybridized carbons (Fsp3) is 0.0303. The zero-order valence-corrected chi connectivity index (χ0v) is 20.6. The molecule has 0 N–H and O–H groups in total. The van der Waals surface area contributed by atoms with Gasteiger partial charge >= 0.3 is 5.63 Å². The highest BCUT2D eigenvalue weighted by Crippen LogP contribution is 2.32. The number of ether oxygens (including phenoxy) is 1. The van der Waals surface area contributed by atoms with E-state index in [1.165, 1.54) is 0 Å². The van der Waals surface area contributed by atoms with Crippen LogP contribution in [0.4, 0.5) is 0 Å². The molecule has 5 heteroatoms.